The maximum absolute atomic E-state index is 13.2. The maximum atomic E-state index is 13.2. The summed E-state index contributed by atoms with van der Waals surface area (Å²) in [6.45, 7) is 5.03. The van der Waals surface area contributed by atoms with E-state index in [0.717, 1.165) is 17.7 Å². The molecule has 0 saturated carbocycles. The molecule has 4 atom stereocenters. The summed E-state index contributed by atoms with van der Waals surface area (Å²) in [6.07, 6.45) is -3.28. The van der Waals surface area contributed by atoms with Crippen molar-refractivity contribution in [2.45, 2.75) is 68.9 Å². The zero-order chi connectivity index (χ0) is 29.1. The summed E-state index contributed by atoms with van der Waals surface area (Å²) in [7, 11) is -1.82. The first-order valence-corrected chi connectivity index (χ1v) is 15.2. The van der Waals surface area contributed by atoms with E-state index in [1.165, 1.54) is 19.2 Å². The Morgan fingerprint density at radius 1 is 1.23 bits per heavy atom. The molecule has 0 unspecified atom stereocenters. The molecule has 40 heavy (non-hydrogen) atoms. The molecule has 220 valence electrons. The predicted molar refractivity (Wildman–Crippen MR) is 142 cm³/mol. The SMILES string of the molecule is CC[C@H]1c2ncc(C(=O)N[C@@H](COC)c3ccc(S(=O)(=O)CC)cc3)cc2CN1C[C@@H]1CC[C@@H](C(F)(F)F)OC1. The Labute approximate surface area is 233 Å². The average molecular weight is 584 g/mol. The number of hydrogen-bond donors (Lipinski definition) is 1. The van der Waals surface area contributed by atoms with Crippen molar-refractivity contribution in [2.24, 2.45) is 5.92 Å². The number of nitrogens with one attached hydrogen (secondary N) is 1. The predicted octanol–water partition coefficient (Wildman–Crippen LogP) is 4.62. The minimum absolute atomic E-state index is 0.000808. The number of halogens is 3. The van der Waals surface area contributed by atoms with E-state index in [-0.39, 0.29) is 48.1 Å². The van der Waals surface area contributed by atoms with Gasteiger partial charge in [-0.1, -0.05) is 26.0 Å². The van der Waals surface area contributed by atoms with Gasteiger partial charge in [0, 0.05) is 26.4 Å². The van der Waals surface area contributed by atoms with Crippen LogP contribution in [0.4, 0.5) is 13.2 Å². The van der Waals surface area contributed by atoms with E-state index >= 15 is 0 Å². The highest BCUT2D eigenvalue weighted by Crippen LogP contribution is 2.38. The first kappa shape index (κ1) is 30.4. The van der Waals surface area contributed by atoms with Crippen molar-refractivity contribution in [1.29, 1.82) is 0 Å². The van der Waals surface area contributed by atoms with Crippen molar-refractivity contribution < 1.29 is 35.9 Å². The van der Waals surface area contributed by atoms with Crippen LogP contribution < -0.4 is 5.32 Å². The van der Waals surface area contributed by atoms with Crippen LogP contribution in [0.1, 0.15) is 72.4 Å². The number of carbonyl (C=O) groups excluding carboxylic acids is 1. The van der Waals surface area contributed by atoms with Gasteiger partial charge in [-0.05, 0) is 54.5 Å². The summed E-state index contributed by atoms with van der Waals surface area (Å²) in [4.78, 5) is 20.3. The molecular formula is C28H36F3N3O5S. The van der Waals surface area contributed by atoms with Crippen molar-refractivity contribution in [3.63, 3.8) is 0 Å². The molecule has 2 aliphatic rings. The van der Waals surface area contributed by atoms with Gasteiger partial charge in [0.1, 0.15) is 0 Å². The lowest BCUT2D eigenvalue weighted by Crippen LogP contribution is -2.40. The van der Waals surface area contributed by atoms with Crippen LogP contribution in [0.2, 0.25) is 0 Å². The van der Waals surface area contributed by atoms with Gasteiger partial charge in [0.15, 0.2) is 15.9 Å². The highest BCUT2D eigenvalue weighted by atomic mass is 32.2. The lowest BCUT2D eigenvalue weighted by Gasteiger charge is -2.34. The number of pyridine rings is 1. The first-order chi connectivity index (χ1) is 19.0. The summed E-state index contributed by atoms with van der Waals surface area (Å²) in [6, 6.07) is 7.73. The van der Waals surface area contributed by atoms with E-state index in [2.05, 4.69) is 15.2 Å². The molecule has 1 saturated heterocycles. The topological polar surface area (TPSA) is 97.8 Å². The Balaban J connectivity index is 1.43. The molecule has 1 fully saturated rings. The van der Waals surface area contributed by atoms with Crippen molar-refractivity contribution in [2.75, 3.05) is 32.6 Å². The van der Waals surface area contributed by atoms with Gasteiger partial charge in [-0.2, -0.15) is 13.2 Å². The van der Waals surface area contributed by atoms with E-state index in [9.17, 15) is 26.4 Å². The zero-order valence-corrected chi connectivity index (χ0v) is 23.7. The van der Waals surface area contributed by atoms with Gasteiger partial charge < -0.3 is 14.8 Å². The standard InChI is InChI=1S/C28H36F3N3O5S/c1-4-24-26-21(15-34(24)14-18-6-11-25(39-16-18)28(29,30)31)12-20(13-32-26)27(35)33-23(17-38-3)19-7-9-22(10-8-19)40(36,37)5-2/h7-10,12-13,18,23-25H,4-6,11,14-17H2,1-3H3,(H,33,35)/t18-,23-,24-,25-/m0/s1. The Morgan fingerprint density at radius 3 is 2.52 bits per heavy atom. The molecule has 1 aromatic carbocycles. The molecule has 4 rings (SSSR count). The fourth-order valence-corrected chi connectivity index (χ4v) is 6.34. The molecule has 1 amide bonds. The smallest absolute Gasteiger partial charge is 0.382 e. The molecule has 1 N–H and O–H groups in total. The Morgan fingerprint density at radius 2 is 1.95 bits per heavy atom. The normalized spacial score (nSPS) is 22.6. The van der Waals surface area contributed by atoms with Crippen LogP contribution in [0, 0.1) is 5.92 Å². The van der Waals surface area contributed by atoms with Crippen LogP contribution in [-0.4, -0.2) is 69.1 Å². The second-order valence-corrected chi connectivity index (χ2v) is 12.7. The number of fused-ring (bicyclic) bond motifs is 1. The lowest BCUT2D eigenvalue weighted by molar-refractivity contribution is -0.236. The number of amides is 1. The van der Waals surface area contributed by atoms with Crippen LogP contribution in [-0.2, 0) is 25.9 Å². The van der Waals surface area contributed by atoms with Gasteiger partial charge in [0.05, 0.1) is 47.2 Å². The molecule has 0 bridgehead atoms. The number of carbonyl (C=O) groups is 1. The molecule has 12 heteroatoms. The third-order valence-corrected chi connectivity index (χ3v) is 9.42. The summed E-state index contributed by atoms with van der Waals surface area (Å²) < 4.78 is 73.6. The van der Waals surface area contributed by atoms with Crippen molar-refractivity contribution in [3.8, 4) is 0 Å². The Hall–Kier alpha value is -2.54. The van der Waals surface area contributed by atoms with Crippen LogP contribution in [0.15, 0.2) is 41.4 Å². The summed E-state index contributed by atoms with van der Waals surface area (Å²) in [5.74, 6) is -0.342. The number of hydrogen-bond acceptors (Lipinski definition) is 7. The molecule has 1 aromatic heterocycles. The van der Waals surface area contributed by atoms with Gasteiger partial charge in [0.25, 0.3) is 5.91 Å². The van der Waals surface area contributed by atoms with Gasteiger partial charge in [-0.3, -0.25) is 14.7 Å². The number of nitrogens with zero attached hydrogens (tertiary/aromatic N) is 2. The van der Waals surface area contributed by atoms with Crippen molar-refractivity contribution >= 4 is 15.7 Å². The molecule has 3 heterocycles. The van der Waals surface area contributed by atoms with E-state index in [1.54, 1.807) is 25.3 Å². The number of aromatic nitrogens is 1. The van der Waals surface area contributed by atoms with Crippen LogP contribution in [0.25, 0.3) is 0 Å². The molecule has 8 nitrogen and oxygen atoms in total. The second kappa shape index (κ2) is 12.5. The van der Waals surface area contributed by atoms with Crippen LogP contribution in [0.5, 0.6) is 0 Å². The fraction of sp³-hybridized carbons (Fsp3) is 0.571. The van der Waals surface area contributed by atoms with Crippen molar-refractivity contribution in [1.82, 2.24) is 15.2 Å². The highest BCUT2D eigenvalue weighted by Gasteiger charge is 2.43. The monoisotopic (exact) mass is 583 g/mol. The van der Waals surface area contributed by atoms with Gasteiger partial charge >= 0.3 is 6.18 Å². The van der Waals surface area contributed by atoms with Gasteiger partial charge in [-0.25, -0.2) is 8.42 Å². The minimum Gasteiger partial charge on any atom is -0.382 e. The highest BCUT2D eigenvalue weighted by molar-refractivity contribution is 7.91. The molecular weight excluding hydrogens is 547 g/mol. The van der Waals surface area contributed by atoms with Crippen LogP contribution >= 0.6 is 0 Å². The molecule has 2 aliphatic heterocycles. The number of benzene rings is 1. The Bertz CT molecular complexity index is 1280. The summed E-state index contributed by atoms with van der Waals surface area (Å²) in [5.41, 5.74) is 2.89. The third-order valence-electron chi connectivity index (χ3n) is 7.67. The van der Waals surface area contributed by atoms with E-state index < -0.39 is 28.2 Å². The summed E-state index contributed by atoms with van der Waals surface area (Å²) in [5, 5.41) is 2.96. The van der Waals surface area contributed by atoms with E-state index in [0.29, 0.717) is 30.6 Å². The number of sulfone groups is 1. The molecule has 2 aromatic rings. The quantitative estimate of drug-likeness (QED) is 0.436. The number of ether oxygens (including phenoxy) is 2. The second-order valence-electron chi connectivity index (χ2n) is 10.4. The number of rotatable bonds is 10. The zero-order valence-electron chi connectivity index (χ0n) is 22.9. The Kier molecular flexibility index (Phi) is 9.54. The minimum atomic E-state index is -4.33. The van der Waals surface area contributed by atoms with Crippen LogP contribution in [0.3, 0.4) is 0 Å². The maximum Gasteiger partial charge on any atom is 0.414 e. The third kappa shape index (κ3) is 6.84. The van der Waals surface area contributed by atoms with Gasteiger partial charge in [0.2, 0.25) is 0 Å². The molecule has 0 spiro atoms. The van der Waals surface area contributed by atoms with Crippen molar-refractivity contribution in [3.05, 3.63) is 58.9 Å². The first-order valence-electron chi connectivity index (χ1n) is 13.5. The average Bonchev–Trinajstić information content (AvgIpc) is 3.28. The largest absolute Gasteiger partial charge is 0.414 e. The number of alkyl halides is 3. The summed E-state index contributed by atoms with van der Waals surface area (Å²) >= 11 is 0. The van der Waals surface area contributed by atoms with E-state index in [4.69, 9.17) is 9.47 Å². The fourth-order valence-electron chi connectivity index (χ4n) is 5.46. The number of methoxy groups -OCH3 is 1. The molecule has 0 radical (unpaired) electrons. The van der Waals surface area contributed by atoms with Gasteiger partial charge in [-0.15, -0.1) is 0 Å². The molecule has 0 aliphatic carbocycles. The van der Waals surface area contributed by atoms with E-state index in [1.807, 2.05) is 13.0 Å². The lowest BCUT2D eigenvalue weighted by atomic mass is 9.97.